The monoisotopic (exact) mass is 296 g/mol. The normalized spacial score (nSPS) is 26.1. The molecule has 4 nitrogen and oxygen atoms in total. The van der Waals surface area contributed by atoms with E-state index < -0.39 is 5.54 Å². The van der Waals surface area contributed by atoms with E-state index in [1.54, 1.807) is 0 Å². The van der Waals surface area contributed by atoms with Gasteiger partial charge in [0, 0.05) is 6.54 Å². The van der Waals surface area contributed by atoms with Gasteiger partial charge in [-0.05, 0) is 26.2 Å². The first kappa shape index (κ1) is 18.0. The van der Waals surface area contributed by atoms with Crippen LogP contribution in [0.25, 0.3) is 0 Å². The second kappa shape index (κ2) is 8.40. The SMILES string of the molecule is CCCCCCCN1C(=O)C(C)(CC)NC(=O)C1CCC. The van der Waals surface area contributed by atoms with Gasteiger partial charge >= 0.3 is 0 Å². The van der Waals surface area contributed by atoms with Crippen molar-refractivity contribution < 1.29 is 9.59 Å². The molecule has 0 aromatic heterocycles. The molecule has 0 bridgehead atoms. The van der Waals surface area contributed by atoms with Gasteiger partial charge in [0.2, 0.25) is 11.8 Å². The summed E-state index contributed by atoms with van der Waals surface area (Å²) in [6, 6.07) is -0.270. The molecule has 0 aromatic rings. The number of carbonyl (C=O) groups is 2. The first-order valence-electron chi connectivity index (χ1n) is 8.63. The Morgan fingerprint density at radius 3 is 2.29 bits per heavy atom. The number of nitrogens with one attached hydrogen (secondary N) is 1. The lowest BCUT2D eigenvalue weighted by Crippen LogP contribution is -2.69. The maximum Gasteiger partial charge on any atom is 0.248 e. The Labute approximate surface area is 129 Å². The van der Waals surface area contributed by atoms with E-state index in [4.69, 9.17) is 0 Å². The van der Waals surface area contributed by atoms with Crippen molar-refractivity contribution in [2.24, 2.45) is 0 Å². The average molecular weight is 296 g/mol. The fourth-order valence-corrected chi connectivity index (χ4v) is 2.95. The van der Waals surface area contributed by atoms with Crippen molar-refractivity contribution in [1.82, 2.24) is 10.2 Å². The molecule has 1 rings (SSSR count). The molecule has 0 aromatic carbocycles. The predicted octanol–water partition coefficient (Wildman–Crippen LogP) is 3.25. The summed E-state index contributed by atoms with van der Waals surface area (Å²) in [5, 5.41) is 2.94. The summed E-state index contributed by atoms with van der Waals surface area (Å²) in [7, 11) is 0. The molecule has 2 amide bonds. The molecule has 1 aliphatic rings. The Balaban J connectivity index is 2.71. The summed E-state index contributed by atoms with van der Waals surface area (Å²) in [5.41, 5.74) is -0.718. The van der Waals surface area contributed by atoms with Gasteiger partial charge in [-0.25, -0.2) is 0 Å². The third-order valence-electron chi connectivity index (χ3n) is 4.58. The van der Waals surface area contributed by atoms with Gasteiger partial charge in [0.05, 0.1) is 0 Å². The van der Waals surface area contributed by atoms with Gasteiger partial charge in [0.15, 0.2) is 0 Å². The minimum atomic E-state index is -0.718. The number of unbranched alkanes of at least 4 members (excludes halogenated alkanes) is 4. The molecule has 1 heterocycles. The summed E-state index contributed by atoms with van der Waals surface area (Å²) < 4.78 is 0. The zero-order valence-corrected chi connectivity index (χ0v) is 14.2. The van der Waals surface area contributed by atoms with E-state index >= 15 is 0 Å². The highest BCUT2D eigenvalue weighted by Gasteiger charge is 2.46. The van der Waals surface area contributed by atoms with Crippen molar-refractivity contribution in [3.05, 3.63) is 0 Å². The van der Waals surface area contributed by atoms with Crippen molar-refractivity contribution in [2.75, 3.05) is 6.54 Å². The lowest BCUT2D eigenvalue weighted by Gasteiger charge is -2.44. The summed E-state index contributed by atoms with van der Waals surface area (Å²) in [6.45, 7) is 8.78. The molecule has 4 heteroatoms. The number of hydrogen-bond acceptors (Lipinski definition) is 2. The number of carbonyl (C=O) groups excluding carboxylic acids is 2. The largest absolute Gasteiger partial charge is 0.340 e. The first-order valence-corrected chi connectivity index (χ1v) is 8.63. The third-order valence-corrected chi connectivity index (χ3v) is 4.58. The number of piperazine rings is 1. The van der Waals surface area contributed by atoms with Gasteiger partial charge in [-0.2, -0.15) is 0 Å². The van der Waals surface area contributed by atoms with Crippen molar-refractivity contribution in [1.29, 1.82) is 0 Å². The lowest BCUT2D eigenvalue weighted by molar-refractivity contribution is -0.154. The van der Waals surface area contributed by atoms with Crippen LogP contribution in [0.4, 0.5) is 0 Å². The maximum atomic E-state index is 12.7. The Bertz CT molecular complexity index is 357. The second-order valence-electron chi connectivity index (χ2n) is 6.39. The minimum absolute atomic E-state index is 0.0226. The molecule has 0 spiro atoms. The minimum Gasteiger partial charge on any atom is -0.340 e. The van der Waals surface area contributed by atoms with Crippen LogP contribution in [0.2, 0.25) is 0 Å². The number of rotatable bonds is 9. The van der Waals surface area contributed by atoms with Crippen LogP contribution in [-0.2, 0) is 9.59 Å². The van der Waals surface area contributed by atoms with Crippen molar-refractivity contribution in [3.8, 4) is 0 Å². The summed E-state index contributed by atoms with van der Waals surface area (Å²) in [4.78, 5) is 26.9. The molecular formula is C17H32N2O2. The van der Waals surface area contributed by atoms with Gasteiger partial charge in [-0.1, -0.05) is 52.9 Å². The van der Waals surface area contributed by atoms with Gasteiger partial charge in [0.1, 0.15) is 11.6 Å². The van der Waals surface area contributed by atoms with Gasteiger partial charge in [-0.15, -0.1) is 0 Å². The Kier molecular flexibility index (Phi) is 7.20. The van der Waals surface area contributed by atoms with Gasteiger partial charge in [-0.3, -0.25) is 9.59 Å². The van der Waals surface area contributed by atoms with Crippen molar-refractivity contribution in [3.63, 3.8) is 0 Å². The van der Waals surface area contributed by atoms with E-state index in [0.29, 0.717) is 6.42 Å². The van der Waals surface area contributed by atoms with E-state index in [-0.39, 0.29) is 17.9 Å². The summed E-state index contributed by atoms with van der Waals surface area (Å²) >= 11 is 0. The van der Waals surface area contributed by atoms with Gasteiger partial charge in [0.25, 0.3) is 0 Å². The van der Waals surface area contributed by atoms with Crippen LogP contribution < -0.4 is 5.32 Å². The standard InChI is InChI=1S/C17H32N2O2/c1-5-8-9-10-11-13-19-14(12-6-2)15(20)18-17(4,7-3)16(19)21/h14H,5-13H2,1-4H3,(H,18,20). The smallest absolute Gasteiger partial charge is 0.248 e. The topological polar surface area (TPSA) is 49.4 Å². The van der Waals surface area contributed by atoms with E-state index in [1.165, 1.54) is 19.3 Å². The van der Waals surface area contributed by atoms with E-state index in [9.17, 15) is 9.59 Å². The molecule has 1 N–H and O–H groups in total. The molecule has 1 saturated heterocycles. The van der Waals surface area contributed by atoms with Crippen LogP contribution in [0.3, 0.4) is 0 Å². The van der Waals surface area contributed by atoms with Crippen LogP contribution >= 0.6 is 0 Å². The fourth-order valence-electron chi connectivity index (χ4n) is 2.95. The highest BCUT2D eigenvalue weighted by molar-refractivity contribution is 5.99. The number of hydrogen-bond donors (Lipinski definition) is 1. The summed E-state index contributed by atoms with van der Waals surface area (Å²) in [6.07, 6.45) is 8.14. The Morgan fingerprint density at radius 2 is 1.71 bits per heavy atom. The Morgan fingerprint density at radius 1 is 1.05 bits per heavy atom. The molecule has 2 atom stereocenters. The highest BCUT2D eigenvalue weighted by atomic mass is 16.2. The van der Waals surface area contributed by atoms with Crippen LogP contribution in [0, 0.1) is 0 Å². The number of amides is 2. The van der Waals surface area contributed by atoms with Crippen molar-refractivity contribution >= 4 is 11.8 Å². The summed E-state index contributed by atoms with van der Waals surface area (Å²) in [5.74, 6) is 0.118. The first-order chi connectivity index (χ1) is 10.00. The quantitative estimate of drug-likeness (QED) is 0.664. The Hall–Kier alpha value is -1.06. The molecule has 122 valence electrons. The average Bonchev–Trinajstić information content (AvgIpc) is 2.47. The van der Waals surface area contributed by atoms with Crippen LogP contribution in [0.15, 0.2) is 0 Å². The predicted molar refractivity (Wildman–Crippen MR) is 86.0 cm³/mol. The molecule has 2 unspecified atom stereocenters. The van der Waals surface area contributed by atoms with Crippen molar-refractivity contribution in [2.45, 2.75) is 90.6 Å². The van der Waals surface area contributed by atoms with Gasteiger partial charge < -0.3 is 10.2 Å². The van der Waals surface area contributed by atoms with E-state index in [0.717, 1.165) is 32.2 Å². The maximum absolute atomic E-state index is 12.7. The molecular weight excluding hydrogens is 264 g/mol. The van der Waals surface area contributed by atoms with E-state index in [2.05, 4.69) is 19.2 Å². The highest BCUT2D eigenvalue weighted by Crippen LogP contribution is 2.24. The zero-order chi connectivity index (χ0) is 15.9. The van der Waals surface area contributed by atoms with E-state index in [1.807, 2.05) is 18.7 Å². The molecule has 0 aliphatic carbocycles. The second-order valence-corrected chi connectivity index (χ2v) is 6.39. The molecule has 0 saturated carbocycles. The molecule has 0 radical (unpaired) electrons. The molecule has 21 heavy (non-hydrogen) atoms. The van der Waals surface area contributed by atoms with Crippen LogP contribution in [-0.4, -0.2) is 34.8 Å². The number of nitrogens with zero attached hydrogens (tertiary/aromatic N) is 1. The fraction of sp³-hybridized carbons (Fsp3) is 0.882. The van der Waals surface area contributed by atoms with Crippen LogP contribution in [0.5, 0.6) is 0 Å². The molecule has 1 fully saturated rings. The lowest BCUT2D eigenvalue weighted by atomic mass is 9.90. The third kappa shape index (κ3) is 4.45. The zero-order valence-electron chi connectivity index (χ0n) is 14.2. The molecule has 1 aliphatic heterocycles. The van der Waals surface area contributed by atoms with Crippen LogP contribution in [0.1, 0.15) is 79.1 Å².